The van der Waals surface area contributed by atoms with E-state index in [1.54, 1.807) is 4.90 Å². The highest BCUT2D eigenvalue weighted by Gasteiger charge is 2.41. The Labute approximate surface area is 248 Å². The van der Waals surface area contributed by atoms with Gasteiger partial charge in [-0.1, -0.05) is 110 Å². The number of rotatable bonds is 10. The van der Waals surface area contributed by atoms with Crippen molar-refractivity contribution < 1.29 is 19.1 Å². The summed E-state index contributed by atoms with van der Waals surface area (Å²) in [5, 5.41) is 3.05. The van der Waals surface area contributed by atoms with Crippen LogP contribution < -0.4 is 11.1 Å². The predicted octanol–water partition coefficient (Wildman–Crippen LogP) is 4.95. The predicted molar refractivity (Wildman–Crippen MR) is 162 cm³/mol. The Morgan fingerprint density at radius 1 is 0.786 bits per heavy atom. The number of ether oxygens (including phenoxy) is 1. The van der Waals surface area contributed by atoms with Gasteiger partial charge in [0.2, 0.25) is 11.8 Å². The molecular weight excluding hydrogens is 526 g/mol. The minimum atomic E-state index is -1.00. The number of benzene rings is 3. The fourth-order valence-corrected chi connectivity index (χ4v) is 6.43. The molecule has 3 atom stereocenters. The van der Waals surface area contributed by atoms with Gasteiger partial charge in [0, 0.05) is 12.5 Å². The smallest absolute Gasteiger partial charge is 0.329 e. The van der Waals surface area contributed by atoms with Gasteiger partial charge in [-0.3, -0.25) is 9.59 Å². The van der Waals surface area contributed by atoms with Gasteiger partial charge in [-0.2, -0.15) is 0 Å². The Morgan fingerprint density at radius 2 is 1.36 bits per heavy atom. The second-order valence-electron chi connectivity index (χ2n) is 11.5. The Kier molecular flexibility index (Phi) is 10.0. The molecule has 2 aliphatic rings. The van der Waals surface area contributed by atoms with E-state index in [4.69, 9.17) is 10.5 Å². The van der Waals surface area contributed by atoms with Crippen LogP contribution in [-0.2, 0) is 25.7 Å². The number of nitrogens with two attached hydrogens (primary N) is 1. The summed E-state index contributed by atoms with van der Waals surface area (Å²) in [6, 6.07) is 26.5. The van der Waals surface area contributed by atoms with Crippen LogP contribution in [0, 0.1) is 5.92 Å². The van der Waals surface area contributed by atoms with E-state index in [2.05, 4.69) is 5.32 Å². The van der Waals surface area contributed by atoms with Crippen molar-refractivity contribution in [3.05, 3.63) is 108 Å². The first-order chi connectivity index (χ1) is 20.5. The number of carbonyl (C=O) groups excluding carboxylic acids is 3. The monoisotopic (exact) mass is 567 g/mol. The van der Waals surface area contributed by atoms with Crippen LogP contribution in [0.2, 0.25) is 0 Å². The topological polar surface area (TPSA) is 102 Å². The minimum Gasteiger partial charge on any atom is -0.459 e. The molecule has 0 aromatic heterocycles. The molecule has 1 aliphatic carbocycles. The highest BCUT2D eigenvalue weighted by atomic mass is 16.5. The molecule has 1 saturated heterocycles. The SMILES string of the molecule is N[C@H](C(=O)N1CCC[C@H]1C(=O)N[C@H](C(=O)OCc1ccccc1)C(c1ccccc1)c1ccccc1)C1CCCCC1. The van der Waals surface area contributed by atoms with Gasteiger partial charge in [0.15, 0.2) is 0 Å². The van der Waals surface area contributed by atoms with Crippen molar-refractivity contribution >= 4 is 17.8 Å². The quantitative estimate of drug-likeness (QED) is 0.338. The van der Waals surface area contributed by atoms with E-state index >= 15 is 0 Å². The Hall–Kier alpha value is -3.97. The highest BCUT2D eigenvalue weighted by Crippen LogP contribution is 2.31. The fraction of sp³-hybridized carbons (Fsp3) is 0.400. The van der Waals surface area contributed by atoms with Crippen molar-refractivity contribution in [3.63, 3.8) is 0 Å². The molecule has 3 N–H and O–H groups in total. The Morgan fingerprint density at radius 3 is 1.95 bits per heavy atom. The first-order valence-electron chi connectivity index (χ1n) is 15.2. The van der Waals surface area contributed by atoms with Crippen LogP contribution in [0.5, 0.6) is 0 Å². The van der Waals surface area contributed by atoms with Crippen LogP contribution in [0.1, 0.15) is 67.6 Å². The number of likely N-dealkylation sites (tertiary alicyclic amines) is 1. The minimum absolute atomic E-state index is 0.0899. The molecule has 7 nitrogen and oxygen atoms in total. The molecule has 0 bridgehead atoms. The third-order valence-electron chi connectivity index (χ3n) is 8.71. The number of nitrogens with one attached hydrogen (secondary N) is 1. The standard InChI is InChI=1S/C35H41N3O4/c36-31(28-20-11-4-12-21-28)34(40)38-23-13-22-29(38)33(39)37-32(35(41)42-24-25-14-5-1-6-15-25)30(26-16-7-2-8-17-26)27-18-9-3-10-19-27/h1-3,5-10,14-19,28-32H,4,11-13,20-24,36H2,(H,37,39)/t29-,31-,32-/m0/s1. The largest absolute Gasteiger partial charge is 0.459 e. The van der Waals surface area contributed by atoms with Crippen molar-refractivity contribution in [3.8, 4) is 0 Å². The molecule has 5 rings (SSSR count). The molecule has 7 heteroatoms. The summed E-state index contributed by atoms with van der Waals surface area (Å²) in [5.74, 6) is -1.38. The Bertz CT molecular complexity index is 1270. The van der Waals surface area contributed by atoms with Crippen molar-refractivity contribution in [1.29, 1.82) is 0 Å². The van der Waals surface area contributed by atoms with Gasteiger partial charge in [-0.15, -0.1) is 0 Å². The van der Waals surface area contributed by atoms with E-state index in [0.717, 1.165) is 42.4 Å². The molecule has 1 aliphatic heterocycles. The molecular formula is C35H41N3O4. The second-order valence-corrected chi connectivity index (χ2v) is 11.5. The molecule has 0 unspecified atom stereocenters. The van der Waals surface area contributed by atoms with Crippen molar-refractivity contribution in [2.24, 2.45) is 11.7 Å². The van der Waals surface area contributed by atoms with E-state index in [-0.39, 0.29) is 24.3 Å². The summed E-state index contributed by atoms with van der Waals surface area (Å²) in [4.78, 5) is 43.0. The first kappa shape index (κ1) is 29.5. The number of carbonyl (C=O) groups is 3. The summed E-state index contributed by atoms with van der Waals surface area (Å²) in [6.45, 7) is 0.577. The summed E-state index contributed by atoms with van der Waals surface area (Å²) in [7, 11) is 0. The number of amides is 2. The lowest BCUT2D eigenvalue weighted by Gasteiger charge is -2.33. The van der Waals surface area contributed by atoms with Crippen LogP contribution >= 0.6 is 0 Å². The molecule has 3 aromatic carbocycles. The second kappa shape index (κ2) is 14.3. The molecule has 0 radical (unpaired) electrons. The van der Waals surface area contributed by atoms with Gasteiger partial charge in [-0.05, 0) is 48.3 Å². The van der Waals surface area contributed by atoms with E-state index < -0.39 is 30.0 Å². The van der Waals surface area contributed by atoms with Gasteiger partial charge in [0.05, 0.1) is 6.04 Å². The maximum absolute atomic E-state index is 14.0. The summed E-state index contributed by atoms with van der Waals surface area (Å²) < 4.78 is 5.82. The van der Waals surface area contributed by atoms with Gasteiger partial charge in [0.25, 0.3) is 0 Å². The molecule has 0 spiro atoms. The average molecular weight is 568 g/mol. The van der Waals surface area contributed by atoms with Crippen LogP contribution in [0.15, 0.2) is 91.0 Å². The normalized spacial score (nSPS) is 18.8. The zero-order valence-corrected chi connectivity index (χ0v) is 24.1. The lowest BCUT2D eigenvalue weighted by atomic mass is 9.83. The molecule has 220 valence electrons. The van der Waals surface area contributed by atoms with Gasteiger partial charge >= 0.3 is 5.97 Å². The third-order valence-corrected chi connectivity index (χ3v) is 8.71. The molecule has 1 heterocycles. The van der Waals surface area contributed by atoms with Gasteiger partial charge in [-0.25, -0.2) is 4.79 Å². The molecule has 2 amide bonds. The summed E-state index contributed by atoms with van der Waals surface area (Å²) >= 11 is 0. The molecule has 1 saturated carbocycles. The van der Waals surface area contributed by atoms with Crippen LogP contribution in [0.25, 0.3) is 0 Å². The lowest BCUT2D eigenvalue weighted by Crippen LogP contribution is -2.56. The summed E-state index contributed by atoms with van der Waals surface area (Å²) in [5.41, 5.74) is 9.10. The van der Waals surface area contributed by atoms with Crippen LogP contribution in [0.4, 0.5) is 0 Å². The fourth-order valence-electron chi connectivity index (χ4n) is 6.43. The van der Waals surface area contributed by atoms with E-state index in [9.17, 15) is 14.4 Å². The van der Waals surface area contributed by atoms with E-state index in [0.29, 0.717) is 19.4 Å². The third kappa shape index (κ3) is 7.08. The van der Waals surface area contributed by atoms with E-state index in [1.807, 2.05) is 91.0 Å². The maximum atomic E-state index is 14.0. The van der Waals surface area contributed by atoms with Crippen LogP contribution in [-0.4, -0.2) is 47.4 Å². The molecule has 2 fully saturated rings. The lowest BCUT2D eigenvalue weighted by molar-refractivity contribution is -0.150. The van der Waals surface area contributed by atoms with Crippen LogP contribution in [0.3, 0.4) is 0 Å². The van der Waals surface area contributed by atoms with Crippen molar-refractivity contribution in [2.45, 2.75) is 75.6 Å². The van der Waals surface area contributed by atoms with E-state index in [1.165, 1.54) is 6.42 Å². The molecule has 3 aromatic rings. The van der Waals surface area contributed by atoms with Gasteiger partial charge in [0.1, 0.15) is 18.7 Å². The number of nitrogens with zero attached hydrogens (tertiary/aromatic N) is 1. The number of hydrogen-bond donors (Lipinski definition) is 2. The van der Waals surface area contributed by atoms with Crippen molar-refractivity contribution in [1.82, 2.24) is 10.2 Å². The number of hydrogen-bond acceptors (Lipinski definition) is 5. The average Bonchev–Trinajstić information content (AvgIpc) is 3.55. The number of esters is 1. The first-order valence-corrected chi connectivity index (χ1v) is 15.2. The van der Waals surface area contributed by atoms with Crippen molar-refractivity contribution in [2.75, 3.05) is 6.54 Å². The highest BCUT2D eigenvalue weighted by molar-refractivity contribution is 5.93. The Balaban J connectivity index is 1.40. The summed E-state index contributed by atoms with van der Waals surface area (Å²) in [6.07, 6.45) is 6.49. The zero-order chi connectivity index (χ0) is 29.3. The maximum Gasteiger partial charge on any atom is 0.329 e. The zero-order valence-electron chi connectivity index (χ0n) is 24.1. The molecule has 42 heavy (non-hydrogen) atoms. The van der Waals surface area contributed by atoms with Gasteiger partial charge < -0.3 is 20.7 Å².